The molecule has 0 saturated carbocycles. The van der Waals surface area contributed by atoms with Crippen LogP contribution < -0.4 is 0 Å². The van der Waals surface area contributed by atoms with E-state index in [-0.39, 0.29) is 0 Å². The van der Waals surface area contributed by atoms with Gasteiger partial charge in [-0.3, -0.25) is 0 Å². The molecule has 9 aromatic carbocycles. The second-order valence-corrected chi connectivity index (χ2v) is 15.2. The van der Waals surface area contributed by atoms with Crippen LogP contribution in [-0.2, 0) is 0 Å². The van der Waals surface area contributed by atoms with Crippen molar-refractivity contribution in [2.45, 2.75) is 0 Å². The smallest absolute Gasteiger partial charge is 0.160 e. The van der Waals surface area contributed by atoms with E-state index in [1.807, 2.05) is 29.5 Å². The number of aromatic nitrogens is 2. The van der Waals surface area contributed by atoms with Crippen molar-refractivity contribution in [1.82, 2.24) is 9.97 Å². The Morgan fingerprint density at radius 1 is 0.327 bits per heavy atom. The summed E-state index contributed by atoms with van der Waals surface area (Å²) in [4.78, 5) is 10.4. The van der Waals surface area contributed by atoms with E-state index in [0.29, 0.717) is 5.82 Å². The number of fused-ring (bicyclic) bond motifs is 7. The molecule has 0 saturated heterocycles. The Labute approximate surface area is 322 Å². The maximum Gasteiger partial charge on any atom is 0.160 e. The lowest BCUT2D eigenvalue weighted by molar-refractivity contribution is 1.18. The summed E-state index contributed by atoms with van der Waals surface area (Å²) in [6.07, 6.45) is 0. The first kappa shape index (κ1) is 31.6. The summed E-state index contributed by atoms with van der Waals surface area (Å²) in [5.74, 6) is 0.709. The summed E-state index contributed by atoms with van der Waals surface area (Å²) in [5, 5.41) is 10.2. The number of benzene rings is 9. The van der Waals surface area contributed by atoms with E-state index in [4.69, 9.17) is 9.97 Å². The highest BCUT2D eigenvalue weighted by Gasteiger charge is 2.16. The van der Waals surface area contributed by atoms with Crippen LogP contribution in [0.25, 0.3) is 109 Å². The van der Waals surface area contributed by atoms with E-state index in [2.05, 4.69) is 176 Å². The normalized spacial score (nSPS) is 11.6. The second-order valence-electron chi connectivity index (χ2n) is 14.1. The first-order chi connectivity index (χ1) is 27.2. The van der Waals surface area contributed by atoms with Crippen molar-refractivity contribution in [2.75, 3.05) is 0 Å². The fourth-order valence-electron chi connectivity index (χ4n) is 8.22. The van der Waals surface area contributed by atoms with Crippen molar-refractivity contribution < 1.29 is 0 Å². The molecule has 0 unspecified atom stereocenters. The number of rotatable bonds is 5. The van der Waals surface area contributed by atoms with Crippen LogP contribution in [0, 0.1) is 0 Å². The van der Waals surface area contributed by atoms with Gasteiger partial charge in [0.05, 0.1) is 11.4 Å². The zero-order chi connectivity index (χ0) is 36.3. The topological polar surface area (TPSA) is 25.8 Å². The molecule has 55 heavy (non-hydrogen) atoms. The highest BCUT2D eigenvalue weighted by atomic mass is 32.1. The molecule has 11 rings (SSSR count). The molecular weight excluding hydrogens is 685 g/mol. The van der Waals surface area contributed by atoms with Gasteiger partial charge in [-0.05, 0) is 78.8 Å². The van der Waals surface area contributed by atoms with E-state index < -0.39 is 0 Å². The third kappa shape index (κ3) is 5.40. The Morgan fingerprint density at radius 3 is 1.82 bits per heavy atom. The summed E-state index contributed by atoms with van der Waals surface area (Å²) in [6.45, 7) is 0. The van der Waals surface area contributed by atoms with Gasteiger partial charge in [0.15, 0.2) is 5.82 Å². The molecule has 11 aromatic rings. The molecular formula is C52H32N2S. The van der Waals surface area contributed by atoms with Crippen molar-refractivity contribution in [3.63, 3.8) is 0 Å². The molecule has 0 atom stereocenters. The van der Waals surface area contributed by atoms with Crippen LogP contribution in [0.4, 0.5) is 0 Å². The van der Waals surface area contributed by atoms with Crippen LogP contribution in [0.3, 0.4) is 0 Å². The first-order valence-corrected chi connectivity index (χ1v) is 19.5. The molecule has 2 heterocycles. The zero-order valence-corrected chi connectivity index (χ0v) is 30.6. The summed E-state index contributed by atoms with van der Waals surface area (Å²) < 4.78 is 2.61. The Morgan fingerprint density at radius 2 is 0.964 bits per heavy atom. The molecule has 0 radical (unpaired) electrons. The van der Waals surface area contributed by atoms with Gasteiger partial charge in [-0.15, -0.1) is 11.3 Å². The van der Waals surface area contributed by atoms with Crippen LogP contribution in [0.15, 0.2) is 194 Å². The van der Waals surface area contributed by atoms with Gasteiger partial charge in [-0.2, -0.15) is 0 Å². The fourth-order valence-corrected chi connectivity index (χ4v) is 9.46. The Bertz CT molecular complexity index is 3250. The molecule has 0 bridgehead atoms. The predicted octanol–water partition coefficient (Wildman–Crippen LogP) is 14.6. The van der Waals surface area contributed by atoms with Gasteiger partial charge in [0.1, 0.15) is 0 Å². The number of nitrogens with zero attached hydrogens (tertiary/aromatic N) is 2. The van der Waals surface area contributed by atoms with E-state index in [0.717, 1.165) is 28.1 Å². The lowest BCUT2D eigenvalue weighted by Gasteiger charge is -2.15. The third-order valence-corrected chi connectivity index (χ3v) is 12.1. The third-order valence-electron chi connectivity index (χ3n) is 10.9. The van der Waals surface area contributed by atoms with Gasteiger partial charge in [-0.1, -0.05) is 170 Å². The van der Waals surface area contributed by atoms with Gasteiger partial charge in [0.25, 0.3) is 0 Å². The molecule has 2 nitrogen and oxygen atoms in total. The van der Waals surface area contributed by atoms with Crippen molar-refractivity contribution >= 4 is 63.8 Å². The van der Waals surface area contributed by atoms with Gasteiger partial charge >= 0.3 is 0 Å². The lowest BCUT2D eigenvalue weighted by Crippen LogP contribution is -1.96. The van der Waals surface area contributed by atoms with Gasteiger partial charge in [0, 0.05) is 36.9 Å². The van der Waals surface area contributed by atoms with Crippen LogP contribution in [-0.4, -0.2) is 9.97 Å². The minimum Gasteiger partial charge on any atom is -0.228 e. The number of hydrogen-bond acceptors (Lipinski definition) is 3. The average Bonchev–Trinajstić information content (AvgIpc) is 3.65. The Hall–Kier alpha value is -6.94. The van der Waals surface area contributed by atoms with Gasteiger partial charge in [-0.25, -0.2) is 9.97 Å². The zero-order valence-electron chi connectivity index (χ0n) is 29.8. The highest BCUT2D eigenvalue weighted by molar-refractivity contribution is 7.26. The number of thiophene rings is 1. The van der Waals surface area contributed by atoms with Crippen LogP contribution in [0.5, 0.6) is 0 Å². The molecule has 0 aliphatic carbocycles. The van der Waals surface area contributed by atoms with E-state index in [1.165, 1.54) is 74.7 Å². The molecule has 0 amide bonds. The first-order valence-electron chi connectivity index (χ1n) is 18.6. The van der Waals surface area contributed by atoms with E-state index in [1.54, 1.807) is 0 Å². The van der Waals surface area contributed by atoms with Crippen molar-refractivity contribution in [2.24, 2.45) is 0 Å². The fraction of sp³-hybridized carbons (Fsp3) is 0. The quantitative estimate of drug-likeness (QED) is 0.131. The van der Waals surface area contributed by atoms with E-state index >= 15 is 0 Å². The maximum atomic E-state index is 5.18. The second kappa shape index (κ2) is 12.9. The minimum atomic E-state index is 0.709. The van der Waals surface area contributed by atoms with Crippen LogP contribution in [0.1, 0.15) is 0 Å². The van der Waals surface area contributed by atoms with Crippen LogP contribution in [0.2, 0.25) is 0 Å². The lowest BCUT2D eigenvalue weighted by atomic mass is 9.89. The minimum absolute atomic E-state index is 0.709. The van der Waals surface area contributed by atoms with Gasteiger partial charge < -0.3 is 0 Å². The molecule has 256 valence electrons. The SMILES string of the molecule is c1ccc(-c2nc(-c3ccc(-c4c5ccccc5cc5c4ccc4ccccc45)cc3)cc(-c3cccc(-c4cccc5c4sc4ccccc45)c3)n2)cc1. The standard InChI is InChI=1S/C52H32N2S/c1-2-13-36(14-3-1)52-53-47(32-48(54-52)39-17-10-16-37(30-39)42-21-11-22-45-43-20-8-9-23-49(43)55-51(42)45)34-24-26-35(27-25-34)50-41-19-7-5-15-38(41)31-46-40-18-6-4-12-33(40)28-29-44(46)50/h1-32H. The molecule has 3 heteroatoms. The summed E-state index contributed by atoms with van der Waals surface area (Å²) in [6, 6.07) is 69.8. The monoisotopic (exact) mass is 716 g/mol. The highest BCUT2D eigenvalue weighted by Crippen LogP contribution is 2.42. The van der Waals surface area contributed by atoms with Crippen LogP contribution >= 0.6 is 11.3 Å². The van der Waals surface area contributed by atoms with Crippen molar-refractivity contribution in [3.05, 3.63) is 194 Å². The number of hydrogen-bond donors (Lipinski definition) is 0. The molecule has 0 aliphatic heterocycles. The van der Waals surface area contributed by atoms with Gasteiger partial charge in [0.2, 0.25) is 0 Å². The maximum absolute atomic E-state index is 5.18. The predicted molar refractivity (Wildman–Crippen MR) is 235 cm³/mol. The summed E-state index contributed by atoms with van der Waals surface area (Å²) in [5.41, 5.74) is 9.73. The summed E-state index contributed by atoms with van der Waals surface area (Å²) in [7, 11) is 0. The Balaban J connectivity index is 1.04. The largest absolute Gasteiger partial charge is 0.228 e. The van der Waals surface area contributed by atoms with Crippen molar-refractivity contribution in [3.8, 4) is 56.2 Å². The molecule has 0 aliphatic rings. The van der Waals surface area contributed by atoms with E-state index in [9.17, 15) is 0 Å². The average molecular weight is 717 g/mol. The summed E-state index contributed by atoms with van der Waals surface area (Å²) >= 11 is 1.86. The molecule has 0 fully saturated rings. The van der Waals surface area contributed by atoms with Crippen molar-refractivity contribution in [1.29, 1.82) is 0 Å². The molecule has 0 spiro atoms. The molecule has 0 N–H and O–H groups in total. The molecule has 2 aromatic heterocycles. The Kier molecular flexibility index (Phi) is 7.39.